The molecule has 1 fully saturated rings. The van der Waals surface area contributed by atoms with Crippen LogP contribution in [0.5, 0.6) is 0 Å². The summed E-state index contributed by atoms with van der Waals surface area (Å²) in [6, 6.07) is 4.07. The number of nitrogens with one attached hydrogen (secondary N) is 2. The third-order valence-electron chi connectivity index (χ3n) is 3.67. The first-order valence-electron chi connectivity index (χ1n) is 6.93. The molecule has 1 aromatic rings. The minimum absolute atomic E-state index is 0.0292. The molecule has 0 spiro atoms. The predicted molar refractivity (Wildman–Crippen MR) is 91.3 cm³/mol. The van der Waals surface area contributed by atoms with Crippen molar-refractivity contribution in [3.63, 3.8) is 0 Å². The van der Waals surface area contributed by atoms with Crippen molar-refractivity contribution < 1.29 is 16.8 Å². The van der Waals surface area contributed by atoms with Crippen molar-refractivity contribution in [2.75, 3.05) is 24.6 Å². The van der Waals surface area contributed by atoms with Crippen LogP contribution in [-0.4, -0.2) is 47.0 Å². The molecule has 1 heterocycles. The van der Waals surface area contributed by atoms with Gasteiger partial charge in [0.05, 0.1) is 26.4 Å². The molecule has 1 aliphatic rings. The number of sulfone groups is 1. The fourth-order valence-corrected chi connectivity index (χ4v) is 5.97. The lowest BCUT2D eigenvalue weighted by Crippen LogP contribution is -2.46. The van der Waals surface area contributed by atoms with Crippen molar-refractivity contribution in [3.8, 4) is 0 Å². The lowest BCUT2D eigenvalue weighted by Gasteiger charge is -2.24. The molecule has 0 saturated carbocycles. The molecule has 10 heteroatoms. The highest BCUT2D eigenvalue weighted by Gasteiger charge is 2.37. The van der Waals surface area contributed by atoms with E-state index in [-0.39, 0.29) is 33.0 Å². The van der Waals surface area contributed by atoms with Crippen LogP contribution in [0, 0.1) is 0 Å². The second-order valence-corrected chi connectivity index (χ2v) is 10.6. The van der Waals surface area contributed by atoms with E-state index in [4.69, 9.17) is 23.2 Å². The maximum Gasteiger partial charge on any atom is 0.240 e. The van der Waals surface area contributed by atoms with Gasteiger partial charge < -0.3 is 5.32 Å². The molecule has 0 unspecified atom stereocenters. The standard InChI is InChI=1S/C13H18Cl2N2O4S2/c1-13(4-7-22(18,19)9-13)16-5-6-17-23(20,21)10-2-3-11(14)12(15)8-10/h2-3,8,16-17H,4-7,9H2,1H3/t13-/m1/s1. The smallest absolute Gasteiger partial charge is 0.240 e. The average Bonchev–Trinajstić information content (AvgIpc) is 2.72. The van der Waals surface area contributed by atoms with E-state index in [2.05, 4.69) is 10.0 Å². The van der Waals surface area contributed by atoms with Crippen molar-refractivity contribution >= 4 is 43.1 Å². The number of sulfonamides is 1. The number of benzene rings is 1. The van der Waals surface area contributed by atoms with Gasteiger partial charge in [0.1, 0.15) is 0 Å². The topological polar surface area (TPSA) is 92.3 Å². The largest absolute Gasteiger partial charge is 0.309 e. The Hall–Kier alpha value is -0.380. The number of hydrogen-bond donors (Lipinski definition) is 2. The van der Waals surface area contributed by atoms with Crippen LogP contribution in [0.4, 0.5) is 0 Å². The fraction of sp³-hybridized carbons (Fsp3) is 0.538. The van der Waals surface area contributed by atoms with Gasteiger partial charge in [-0.05, 0) is 31.5 Å². The van der Waals surface area contributed by atoms with Crippen molar-refractivity contribution in [1.29, 1.82) is 0 Å². The van der Waals surface area contributed by atoms with Crippen LogP contribution < -0.4 is 10.0 Å². The summed E-state index contributed by atoms with van der Waals surface area (Å²) >= 11 is 11.6. The zero-order valence-corrected chi connectivity index (χ0v) is 15.6. The van der Waals surface area contributed by atoms with Crippen LogP contribution in [0.2, 0.25) is 10.0 Å². The summed E-state index contributed by atoms with van der Waals surface area (Å²) in [6.07, 6.45) is 0.523. The molecule has 1 aliphatic heterocycles. The minimum atomic E-state index is -3.69. The lowest BCUT2D eigenvalue weighted by molar-refractivity contribution is 0.400. The van der Waals surface area contributed by atoms with E-state index in [1.807, 2.05) is 6.92 Å². The van der Waals surface area contributed by atoms with Gasteiger partial charge in [-0.3, -0.25) is 0 Å². The van der Waals surface area contributed by atoms with Gasteiger partial charge in [0.25, 0.3) is 0 Å². The molecule has 0 bridgehead atoms. The second kappa shape index (κ2) is 6.85. The first-order chi connectivity index (χ1) is 10.5. The Morgan fingerprint density at radius 3 is 2.48 bits per heavy atom. The summed E-state index contributed by atoms with van der Waals surface area (Å²) < 4.78 is 49.7. The average molecular weight is 401 g/mol. The highest BCUT2D eigenvalue weighted by Crippen LogP contribution is 2.25. The molecule has 0 radical (unpaired) electrons. The number of halogens is 2. The Morgan fingerprint density at radius 1 is 1.22 bits per heavy atom. The maximum absolute atomic E-state index is 12.1. The summed E-state index contributed by atoms with van der Waals surface area (Å²) in [6.45, 7) is 2.29. The molecular weight excluding hydrogens is 383 g/mol. The molecule has 6 nitrogen and oxygen atoms in total. The quantitative estimate of drug-likeness (QED) is 0.704. The van der Waals surface area contributed by atoms with E-state index in [0.29, 0.717) is 13.0 Å². The second-order valence-electron chi connectivity index (χ2n) is 5.80. The third kappa shape index (κ3) is 5.04. The molecule has 0 aliphatic carbocycles. The molecule has 130 valence electrons. The number of hydrogen-bond acceptors (Lipinski definition) is 5. The molecule has 0 aromatic heterocycles. The first-order valence-corrected chi connectivity index (χ1v) is 11.0. The third-order valence-corrected chi connectivity index (χ3v) is 7.77. The van der Waals surface area contributed by atoms with E-state index in [1.165, 1.54) is 18.2 Å². The van der Waals surface area contributed by atoms with E-state index in [0.717, 1.165) is 0 Å². The monoisotopic (exact) mass is 400 g/mol. The Kier molecular flexibility index (Phi) is 5.65. The SMILES string of the molecule is C[C@@]1(NCCNS(=O)(=O)c2ccc(Cl)c(Cl)c2)CCS(=O)(=O)C1. The van der Waals surface area contributed by atoms with Crippen molar-refractivity contribution in [2.45, 2.75) is 23.8 Å². The molecular formula is C13H18Cl2N2O4S2. The Balaban J connectivity index is 1.89. The van der Waals surface area contributed by atoms with Crippen LogP contribution in [0.25, 0.3) is 0 Å². The van der Waals surface area contributed by atoms with Crippen LogP contribution in [0.15, 0.2) is 23.1 Å². The molecule has 1 atom stereocenters. The van der Waals surface area contributed by atoms with Crippen LogP contribution in [0.3, 0.4) is 0 Å². The van der Waals surface area contributed by atoms with Gasteiger partial charge in [0, 0.05) is 18.6 Å². The zero-order valence-electron chi connectivity index (χ0n) is 12.5. The maximum atomic E-state index is 12.1. The zero-order chi connectivity index (χ0) is 17.3. The molecule has 23 heavy (non-hydrogen) atoms. The molecule has 2 N–H and O–H groups in total. The van der Waals surface area contributed by atoms with Gasteiger partial charge in [-0.2, -0.15) is 0 Å². The summed E-state index contributed by atoms with van der Waals surface area (Å²) in [7, 11) is -6.69. The minimum Gasteiger partial charge on any atom is -0.309 e. The molecule has 1 aromatic carbocycles. The Morgan fingerprint density at radius 2 is 1.91 bits per heavy atom. The summed E-state index contributed by atoms with van der Waals surface area (Å²) in [4.78, 5) is 0.0292. The Labute approximate surface area is 146 Å². The van der Waals surface area contributed by atoms with E-state index in [1.54, 1.807) is 0 Å². The molecule has 1 saturated heterocycles. The molecule has 0 amide bonds. The Bertz CT molecular complexity index is 796. The van der Waals surface area contributed by atoms with Crippen LogP contribution in [-0.2, 0) is 19.9 Å². The fourth-order valence-electron chi connectivity index (χ4n) is 2.43. The first kappa shape index (κ1) is 19.0. The lowest BCUT2D eigenvalue weighted by atomic mass is 10.0. The predicted octanol–water partition coefficient (Wildman–Crippen LogP) is 1.44. The van der Waals surface area contributed by atoms with Crippen LogP contribution in [0.1, 0.15) is 13.3 Å². The van der Waals surface area contributed by atoms with Gasteiger partial charge in [-0.25, -0.2) is 21.6 Å². The van der Waals surface area contributed by atoms with E-state index in [9.17, 15) is 16.8 Å². The van der Waals surface area contributed by atoms with Crippen molar-refractivity contribution in [2.24, 2.45) is 0 Å². The van der Waals surface area contributed by atoms with Gasteiger partial charge in [-0.1, -0.05) is 23.2 Å². The summed E-state index contributed by atoms with van der Waals surface area (Å²) in [5, 5.41) is 3.55. The normalized spacial score (nSPS) is 24.0. The van der Waals surface area contributed by atoms with Gasteiger partial charge in [-0.15, -0.1) is 0 Å². The van der Waals surface area contributed by atoms with Gasteiger partial charge >= 0.3 is 0 Å². The highest BCUT2D eigenvalue weighted by molar-refractivity contribution is 7.91. The molecule has 2 rings (SSSR count). The van der Waals surface area contributed by atoms with Gasteiger partial charge in [0.2, 0.25) is 10.0 Å². The van der Waals surface area contributed by atoms with Crippen molar-refractivity contribution in [1.82, 2.24) is 10.0 Å². The highest BCUT2D eigenvalue weighted by atomic mass is 35.5. The van der Waals surface area contributed by atoms with Gasteiger partial charge in [0.15, 0.2) is 9.84 Å². The summed E-state index contributed by atoms with van der Waals surface area (Å²) in [5.74, 6) is 0.227. The van der Waals surface area contributed by atoms with E-state index < -0.39 is 25.4 Å². The van der Waals surface area contributed by atoms with Crippen molar-refractivity contribution in [3.05, 3.63) is 28.2 Å². The number of rotatable bonds is 6. The van der Waals surface area contributed by atoms with E-state index >= 15 is 0 Å². The van der Waals surface area contributed by atoms with Crippen LogP contribution >= 0.6 is 23.2 Å². The summed E-state index contributed by atoms with van der Waals surface area (Å²) in [5.41, 5.74) is -0.506.